The lowest BCUT2D eigenvalue weighted by atomic mass is 10.1. The zero-order chi connectivity index (χ0) is 13.3. The van der Waals surface area contributed by atoms with E-state index in [2.05, 4.69) is 21.7 Å². The smallest absolute Gasteiger partial charge is 0.310 e. The maximum Gasteiger partial charge on any atom is 0.335 e. The van der Waals surface area contributed by atoms with Gasteiger partial charge < -0.3 is 4.98 Å². The molecule has 2 rings (SSSR count). The number of fused-ring (bicyclic) bond motifs is 1. The van der Waals surface area contributed by atoms with Crippen molar-refractivity contribution in [3.63, 3.8) is 0 Å². The standard InChI is InChI=1S/C11H10N4O3/c1-3-6(2)8-4-7(10(16)14-18)13-9-5-12-11(17)15(8)9/h4-5H,2-3H2,1H3,(H,12,17). The van der Waals surface area contributed by atoms with Gasteiger partial charge in [-0.15, -0.1) is 4.91 Å². The minimum Gasteiger partial charge on any atom is -0.310 e. The van der Waals surface area contributed by atoms with Gasteiger partial charge in [0.2, 0.25) is 0 Å². The summed E-state index contributed by atoms with van der Waals surface area (Å²) >= 11 is 0. The summed E-state index contributed by atoms with van der Waals surface area (Å²) in [6, 6.07) is 1.35. The minimum atomic E-state index is -0.976. The van der Waals surface area contributed by atoms with E-state index in [1.165, 1.54) is 16.7 Å². The summed E-state index contributed by atoms with van der Waals surface area (Å²) in [5.41, 5.74) is 0.873. The third kappa shape index (κ3) is 1.75. The summed E-state index contributed by atoms with van der Waals surface area (Å²) in [5.74, 6) is -0.976. The number of aromatic amines is 1. The summed E-state index contributed by atoms with van der Waals surface area (Å²) in [6.45, 7) is 5.69. The van der Waals surface area contributed by atoms with Crippen LogP contribution in [-0.4, -0.2) is 20.3 Å². The van der Waals surface area contributed by atoms with E-state index in [1.807, 2.05) is 6.92 Å². The third-order valence-corrected chi connectivity index (χ3v) is 2.60. The molecule has 0 unspecified atom stereocenters. The first kappa shape index (κ1) is 11.9. The summed E-state index contributed by atoms with van der Waals surface area (Å²) in [5, 5.41) is 2.32. The number of allylic oxidation sites excluding steroid dienone is 1. The van der Waals surface area contributed by atoms with Crippen molar-refractivity contribution in [2.45, 2.75) is 13.3 Å². The van der Waals surface area contributed by atoms with Crippen molar-refractivity contribution in [3.8, 4) is 0 Å². The Morgan fingerprint density at radius 2 is 2.33 bits per heavy atom. The molecule has 0 aliphatic rings. The molecule has 0 bridgehead atoms. The second kappa shape index (κ2) is 4.36. The van der Waals surface area contributed by atoms with Crippen molar-refractivity contribution in [1.29, 1.82) is 0 Å². The van der Waals surface area contributed by atoms with E-state index >= 15 is 0 Å². The molecule has 0 fully saturated rings. The summed E-state index contributed by atoms with van der Waals surface area (Å²) in [7, 11) is 0. The average Bonchev–Trinajstić information content (AvgIpc) is 2.77. The van der Waals surface area contributed by atoms with Crippen LogP contribution >= 0.6 is 0 Å². The molecule has 0 aliphatic heterocycles. The van der Waals surface area contributed by atoms with Gasteiger partial charge in [0.15, 0.2) is 5.65 Å². The number of rotatable bonds is 3. The monoisotopic (exact) mass is 246 g/mol. The lowest BCUT2D eigenvalue weighted by molar-refractivity contribution is 0.0996. The summed E-state index contributed by atoms with van der Waals surface area (Å²) < 4.78 is 1.30. The number of carbonyl (C=O) groups is 1. The van der Waals surface area contributed by atoms with Crippen molar-refractivity contribution in [1.82, 2.24) is 14.4 Å². The van der Waals surface area contributed by atoms with Crippen LogP contribution in [0.4, 0.5) is 0 Å². The Morgan fingerprint density at radius 1 is 1.61 bits per heavy atom. The first-order chi connectivity index (χ1) is 8.58. The highest BCUT2D eigenvalue weighted by atomic mass is 16.3. The Kier molecular flexibility index (Phi) is 2.88. The van der Waals surface area contributed by atoms with E-state index in [1.54, 1.807) is 0 Å². The van der Waals surface area contributed by atoms with Gasteiger partial charge in [-0.1, -0.05) is 13.5 Å². The predicted octanol–water partition coefficient (Wildman–Crippen LogP) is 1.35. The number of nitroso groups, excluding NO2 is 1. The van der Waals surface area contributed by atoms with Gasteiger partial charge in [-0.25, -0.2) is 14.2 Å². The van der Waals surface area contributed by atoms with Gasteiger partial charge in [-0.2, -0.15) is 0 Å². The summed E-state index contributed by atoms with van der Waals surface area (Å²) in [4.78, 5) is 39.5. The van der Waals surface area contributed by atoms with Crippen LogP contribution < -0.4 is 5.69 Å². The van der Waals surface area contributed by atoms with Crippen molar-refractivity contribution >= 4 is 17.1 Å². The molecule has 2 aromatic heterocycles. The minimum absolute atomic E-state index is 0.103. The first-order valence-corrected chi connectivity index (χ1v) is 5.25. The van der Waals surface area contributed by atoms with Gasteiger partial charge in [-0.05, 0) is 18.1 Å². The Hall–Kier alpha value is -2.57. The molecular formula is C11H10N4O3. The quantitative estimate of drug-likeness (QED) is 0.826. The molecule has 2 heterocycles. The highest BCUT2D eigenvalue weighted by Gasteiger charge is 2.15. The number of nitrogens with zero attached hydrogens (tertiary/aromatic N) is 3. The van der Waals surface area contributed by atoms with Crippen LogP contribution in [0.1, 0.15) is 29.5 Å². The largest absolute Gasteiger partial charge is 0.335 e. The van der Waals surface area contributed by atoms with Gasteiger partial charge in [-0.3, -0.25) is 4.79 Å². The van der Waals surface area contributed by atoms with E-state index in [9.17, 15) is 14.5 Å². The third-order valence-electron chi connectivity index (χ3n) is 2.60. The number of carbonyl (C=O) groups excluding carboxylic acids is 1. The number of aromatic nitrogens is 3. The summed E-state index contributed by atoms with van der Waals surface area (Å²) in [6.07, 6.45) is 1.95. The maximum atomic E-state index is 11.6. The fourth-order valence-electron chi connectivity index (χ4n) is 1.62. The normalized spacial score (nSPS) is 10.5. The molecule has 0 atom stereocenters. The Morgan fingerprint density at radius 3 is 2.94 bits per heavy atom. The van der Waals surface area contributed by atoms with Crippen LogP contribution in [-0.2, 0) is 0 Å². The molecule has 7 heteroatoms. The number of amides is 1. The van der Waals surface area contributed by atoms with Gasteiger partial charge in [0, 0.05) is 11.4 Å². The lowest BCUT2D eigenvalue weighted by Gasteiger charge is -2.06. The van der Waals surface area contributed by atoms with Gasteiger partial charge in [0.1, 0.15) is 5.69 Å². The number of H-pyrrole nitrogens is 1. The highest BCUT2D eigenvalue weighted by molar-refractivity contribution is 5.94. The topological polar surface area (TPSA) is 96.7 Å². The van der Waals surface area contributed by atoms with Crippen LogP contribution in [0.2, 0.25) is 0 Å². The first-order valence-electron chi connectivity index (χ1n) is 5.25. The van der Waals surface area contributed by atoms with Crippen molar-refractivity contribution in [2.24, 2.45) is 5.18 Å². The van der Waals surface area contributed by atoms with Crippen LogP contribution in [0.25, 0.3) is 11.2 Å². The van der Waals surface area contributed by atoms with E-state index < -0.39 is 5.91 Å². The number of hydrogen-bond acceptors (Lipinski definition) is 4. The molecule has 0 aliphatic carbocycles. The molecule has 0 spiro atoms. The van der Waals surface area contributed by atoms with Gasteiger partial charge in [0.05, 0.1) is 5.69 Å². The second-order valence-corrected chi connectivity index (χ2v) is 3.67. The van der Waals surface area contributed by atoms with Crippen molar-refractivity contribution in [2.75, 3.05) is 0 Å². The maximum absolute atomic E-state index is 11.6. The average molecular weight is 246 g/mol. The molecule has 7 nitrogen and oxygen atoms in total. The number of hydrogen-bond donors (Lipinski definition) is 1. The molecule has 0 saturated heterocycles. The van der Waals surface area contributed by atoms with E-state index in [0.717, 1.165) is 0 Å². The van der Waals surface area contributed by atoms with Crippen LogP contribution in [0.15, 0.2) is 28.8 Å². The molecule has 1 N–H and O–H groups in total. The zero-order valence-electron chi connectivity index (χ0n) is 9.64. The Balaban J connectivity index is 2.82. The van der Waals surface area contributed by atoms with Crippen LogP contribution in [0, 0.1) is 4.91 Å². The van der Waals surface area contributed by atoms with Gasteiger partial charge >= 0.3 is 11.6 Å². The highest BCUT2D eigenvalue weighted by Crippen LogP contribution is 2.17. The molecule has 0 saturated carbocycles. The Bertz CT molecular complexity index is 711. The van der Waals surface area contributed by atoms with E-state index in [4.69, 9.17) is 0 Å². The van der Waals surface area contributed by atoms with Crippen LogP contribution in [0.3, 0.4) is 0 Å². The van der Waals surface area contributed by atoms with E-state index in [0.29, 0.717) is 17.7 Å². The van der Waals surface area contributed by atoms with Gasteiger partial charge in [0.25, 0.3) is 0 Å². The molecule has 18 heavy (non-hydrogen) atoms. The SMILES string of the molecule is C=C(CC)c1cc(C(=O)N=O)nc2c[nH]c(=O)n12. The molecule has 1 amide bonds. The Labute approximate surface area is 101 Å². The lowest BCUT2D eigenvalue weighted by Crippen LogP contribution is -2.15. The fraction of sp³-hybridized carbons (Fsp3) is 0.182. The number of imidazole rings is 1. The van der Waals surface area contributed by atoms with E-state index in [-0.39, 0.29) is 17.0 Å². The number of nitrogens with one attached hydrogen (secondary N) is 1. The van der Waals surface area contributed by atoms with Crippen molar-refractivity contribution in [3.05, 3.63) is 45.6 Å². The molecule has 0 radical (unpaired) electrons. The second-order valence-electron chi connectivity index (χ2n) is 3.67. The molecule has 92 valence electrons. The molecule has 2 aromatic rings. The molecule has 0 aromatic carbocycles. The predicted molar refractivity (Wildman–Crippen MR) is 65.3 cm³/mol. The van der Waals surface area contributed by atoms with Crippen LogP contribution in [0.5, 0.6) is 0 Å². The van der Waals surface area contributed by atoms with Crippen molar-refractivity contribution < 1.29 is 4.79 Å². The zero-order valence-corrected chi connectivity index (χ0v) is 9.64. The molecular weight excluding hydrogens is 236 g/mol. The fourth-order valence-corrected chi connectivity index (χ4v) is 1.62.